The van der Waals surface area contributed by atoms with Crippen molar-refractivity contribution in [3.63, 3.8) is 0 Å². The summed E-state index contributed by atoms with van der Waals surface area (Å²) in [5.74, 6) is 0.418. The third kappa shape index (κ3) is 2.92. The summed E-state index contributed by atoms with van der Waals surface area (Å²) in [4.78, 5) is 12.1. The van der Waals surface area contributed by atoms with Crippen molar-refractivity contribution in [2.75, 3.05) is 6.61 Å². The minimum atomic E-state index is -0.106. The molecule has 0 aliphatic heterocycles. The Morgan fingerprint density at radius 2 is 1.52 bits per heavy atom. The van der Waals surface area contributed by atoms with E-state index in [1.807, 2.05) is 45.9 Å². The fourth-order valence-corrected chi connectivity index (χ4v) is 2.28. The number of carbonyl (C=O) groups is 1. The van der Waals surface area contributed by atoms with Gasteiger partial charge in [0.1, 0.15) is 0 Å². The van der Waals surface area contributed by atoms with Gasteiger partial charge in [-0.05, 0) is 49.9 Å². The normalized spacial score (nSPS) is 10.5. The molecule has 0 atom stereocenters. The number of rotatable bonds is 4. The van der Waals surface area contributed by atoms with E-state index < -0.39 is 0 Å². The predicted molar refractivity (Wildman–Crippen MR) is 83.3 cm³/mol. The van der Waals surface area contributed by atoms with Gasteiger partial charge in [-0.15, -0.1) is 0 Å². The molecule has 0 fully saturated rings. The van der Waals surface area contributed by atoms with Crippen LogP contribution in [0, 0.1) is 27.7 Å². The summed E-state index contributed by atoms with van der Waals surface area (Å²) in [5.41, 5.74) is 4.39. The molecule has 0 spiro atoms. The van der Waals surface area contributed by atoms with Gasteiger partial charge in [0.25, 0.3) is 0 Å². The first-order chi connectivity index (χ1) is 9.93. The molecule has 110 valence electrons. The second kappa shape index (κ2) is 6.00. The predicted octanol–water partition coefficient (Wildman–Crippen LogP) is 3.89. The maximum Gasteiger partial charge on any atom is 0.200 e. The van der Waals surface area contributed by atoms with Crippen LogP contribution in [0.2, 0.25) is 0 Å². The molecule has 0 saturated heterocycles. The fraction of sp³-hybridized carbons (Fsp3) is 0.278. The van der Waals surface area contributed by atoms with Crippen molar-refractivity contribution in [2.24, 2.45) is 0 Å². The maximum atomic E-state index is 12.1. The number of ether oxygens (including phenoxy) is 1. The van der Waals surface area contributed by atoms with E-state index in [2.05, 4.69) is 0 Å². The first-order valence-corrected chi connectivity index (χ1v) is 6.93. The van der Waals surface area contributed by atoms with Crippen molar-refractivity contribution in [3.8, 4) is 11.5 Å². The summed E-state index contributed by atoms with van der Waals surface area (Å²) in [6.07, 6.45) is 0. The van der Waals surface area contributed by atoms with Gasteiger partial charge in [-0.3, -0.25) is 4.79 Å². The summed E-state index contributed by atoms with van der Waals surface area (Å²) >= 11 is 0. The van der Waals surface area contributed by atoms with Crippen molar-refractivity contribution in [3.05, 3.63) is 58.1 Å². The second-order valence-corrected chi connectivity index (χ2v) is 5.26. The number of ketones is 1. The minimum absolute atomic E-state index is 0.0830. The number of phenolic OH excluding ortho intramolecular Hbond substituents is 1. The van der Waals surface area contributed by atoms with Crippen LogP contribution in [-0.4, -0.2) is 17.5 Å². The SMILES string of the molecule is Cc1c(C)c(C)c(OCC(=O)c2ccccc2)c(O)c1C. The van der Waals surface area contributed by atoms with Crippen LogP contribution in [-0.2, 0) is 0 Å². The highest BCUT2D eigenvalue weighted by Crippen LogP contribution is 2.38. The van der Waals surface area contributed by atoms with E-state index in [-0.39, 0.29) is 18.1 Å². The molecule has 0 unspecified atom stereocenters. The molecule has 0 aromatic heterocycles. The Balaban J connectivity index is 2.23. The Morgan fingerprint density at radius 3 is 2.14 bits per heavy atom. The van der Waals surface area contributed by atoms with Crippen LogP contribution in [0.15, 0.2) is 30.3 Å². The van der Waals surface area contributed by atoms with Crippen LogP contribution in [0.25, 0.3) is 0 Å². The Kier molecular flexibility index (Phi) is 4.32. The lowest BCUT2D eigenvalue weighted by molar-refractivity contribution is 0.0919. The third-order valence-electron chi connectivity index (χ3n) is 4.04. The standard InChI is InChI=1S/C18H20O3/c1-11-12(2)14(4)18(17(20)13(11)3)21-10-16(19)15-8-6-5-7-9-15/h5-9,20H,10H2,1-4H3. The van der Waals surface area contributed by atoms with E-state index in [0.29, 0.717) is 11.3 Å². The van der Waals surface area contributed by atoms with Gasteiger partial charge in [-0.1, -0.05) is 30.3 Å². The van der Waals surface area contributed by atoms with E-state index in [9.17, 15) is 9.90 Å². The molecule has 2 aromatic carbocycles. The highest BCUT2D eigenvalue weighted by molar-refractivity contribution is 5.97. The van der Waals surface area contributed by atoms with Gasteiger partial charge in [-0.25, -0.2) is 0 Å². The zero-order valence-corrected chi connectivity index (χ0v) is 12.9. The molecule has 3 heteroatoms. The van der Waals surface area contributed by atoms with Gasteiger partial charge < -0.3 is 9.84 Å². The third-order valence-corrected chi connectivity index (χ3v) is 4.04. The maximum absolute atomic E-state index is 12.1. The summed E-state index contributed by atoms with van der Waals surface area (Å²) < 4.78 is 5.60. The Morgan fingerprint density at radius 1 is 0.952 bits per heavy atom. The molecule has 3 nitrogen and oxygen atoms in total. The van der Waals surface area contributed by atoms with Gasteiger partial charge in [0.15, 0.2) is 23.9 Å². The van der Waals surface area contributed by atoms with Crippen LogP contribution in [0.1, 0.15) is 32.6 Å². The number of carbonyl (C=O) groups excluding carboxylic acids is 1. The van der Waals surface area contributed by atoms with Crippen molar-refractivity contribution in [1.82, 2.24) is 0 Å². The Hall–Kier alpha value is -2.29. The second-order valence-electron chi connectivity index (χ2n) is 5.26. The van der Waals surface area contributed by atoms with E-state index in [1.54, 1.807) is 12.1 Å². The monoisotopic (exact) mass is 284 g/mol. The van der Waals surface area contributed by atoms with Crippen LogP contribution in [0.4, 0.5) is 0 Å². The molecule has 0 amide bonds. The highest BCUT2D eigenvalue weighted by Gasteiger charge is 2.17. The van der Waals surface area contributed by atoms with Gasteiger partial charge in [0, 0.05) is 5.56 Å². The number of benzene rings is 2. The van der Waals surface area contributed by atoms with Gasteiger partial charge in [0.2, 0.25) is 0 Å². The van der Waals surface area contributed by atoms with Gasteiger partial charge in [-0.2, -0.15) is 0 Å². The number of Topliss-reactive ketones (excluding diaryl/α,β-unsaturated/α-hetero) is 1. The van der Waals surface area contributed by atoms with Gasteiger partial charge >= 0.3 is 0 Å². The summed E-state index contributed by atoms with van der Waals surface area (Å²) in [6.45, 7) is 7.62. The van der Waals surface area contributed by atoms with Gasteiger partial charge in [0.05, 0.1) is 0 Å². The van der Waals surface area contributed by atoms with Crippen LogP contribution >= 0.6 is 0 Å². The Labute approximate surface area is 125 Å². The van der Waals surface area contributed by atoms with Crippen molar-refractivity contribution in [1.29, 1.82) is 0 Å². The summed E-state index contributed by atoms with van der Waals surface area (Å²) in [5, 5.41) is 10.2. The molecule has 0 saturated carbocycles. The van der Waals surface area contributed by atoms with Crippen LogP contribution in [0.5, 0.6) is 11.5 Å². The van der Waals surface area contributed by atoms with E-state index in [4.69, 9.17) is 4.74 Å². The lowest BCUT2D eigenvalue weighted by atomic mass is 9.97. The average molecular weight is 284 g/mol. The summed E-state index contributed by atoms with van der Waals surface area (Å²) in [7, 11) is 0. The molecule has 0 heterocycles. The molecule has 21 heavy (non-hydrogen) atoms. The Bertz CT molecular complexity index is 644. The molecule has 2 rings (SSSR count). The topological polar surface area (TPSA) is 46.5 Å². The quantitative estimate of drug-likeness (QED) is 0.866. The van der Waals surface area contributed by atoms with E-state index in [1.165, 1.54) is 0 Å². The van der Waals surface area contributed by atoms with E-state index in [0.717, 1.165) is 22.3 Å². The zero-order valence-electron chi connectivity index (χ0n) is 12.9. The van der Waals surface area contributed by atoms with Crippen molar-refractivity contribution < 1.29 is 14.6 Å². The first-order valence-electron chi connectivity index (χ1n) is 6.93. The largest absolute Gasteiger partial charge is 0.504 e. The highest BCUT2D eigenvalue weighted by atomic mass is 16.5. The zero-order chi connectivity index (χ0) is 15.6. The van der Waals surface area contributed by atoms with Crippen LogP contribution in [0.3, 0.4) is 0 Å². The molecular formula is C18H20O3. The molecule has 1 N–H and O–H groups in total. The number of hydrogen-bond donors (Lipinski definition) is 1. The first kappa shape index (κ1) is 15.1. The molecule has 0 aliphatic rings. The lowest BCUT2D eigenvalue weighted by Crippen LogP contribution is -2.12. The molecule has 0 aliphatic carbocycles. The average Bonchev–Trinajstić information content (AvgIpc) is 2.51. The fourth-order valence-electron chi connectivity index (χ4n) is 2.28. The molecular weight excluding hydrogens is 264 g/mol. The summed E-state index contributed by atoms with van der Waals surface area (Å²) in [6, 6.07) is 9.00. The lowest BCUT2D eigenvalue weighted by Gasteiger charge is -2.17. The van der Waals surface area contributed by atoms with Crippen LogP contribution < -0.4 is 4.74 Å². The van der Waals surface area contributed by atoms with Crippen molar-refractivity contribution >= 4 is 5.78 Å². The minimum Gasteiger partial charge on any atom is -0.504 e. The number of hydrogen-bond acceptors (Lipinski definition) is 3. The van der Waals surface area contributed by atoms with Crippen molar-refractivity contribution in [2.45, 2.75) is 27.7 Å². The number of aromatic hydroxyl groups is 1. The molecule has 0 radical (unpaired) electrons. The smallest absolute Gasteiger partial charge is 0.200 e. The van der Waals surface area contributed by atoms with E-state index >= 15 is 0 Å². The molecule has 0 bridgehead atoms. The number of phenols is 1. The molecule has 2 aromatic rings.